The molecule has 9 heteroatoms. The van der Waals surface area contributed by atoms with Gasteiger partial charge in [-0.05, 0) is 12.0 Å². The Morgan fingerprint density at radius 2 is 2.00 bits per heavy atom. The van der Waals surface area contributed by atoms with E-state index in [0.29, 0.717) is 23.1 Å². The molecular formula is C18H17N5O3S. The summed E-state index contributed by atoms with van der Waals surface area (Å²) < 4.78 is 0. The molecule has 0 unspecified atom stereocenters. The summed E-state index contributed by atoms with van der Waals surface area (Å²) in [6, 6.07) is 16.1. The maximum absolute atomic E-state index is 11.9. The van der Waals surface area contributed by atoms with Crippen LogP contribution in [-0.2, 0) is 11.2 Å². The Balaban J connectivity index is 1.48. The van der Waals surface area contributed by atoms with Crippen molar-refractivity contribution < 1.29 is 9.72 Å². The van der Waals surface area contributed by atoms with Gasteiger partial charge in [0.25, 0.3) is 5.69 Å². The molecule has 0 aliphatic rings. The number of amides is 1. The molecule has 0 radical (unpaired) electrons. The number of aromatic amines is 1. The van der Waals surface area contributed by atoms with Crippen LogP contribution in [-0.4, -0.2) is 38.3 Å². The lowest BCUT2D eigenvalue weighted by Crippen LogP contribution is -2.27. The van der Waals surface area contributed by atoms with Crippen molar-refractivity contribution in [1.29, 1.82) is 0 Å². The van der Waals surface area contributed by atoms with Crippen molar-refractivity contribution in [2.75, 3.05) is 12.3 Å². The molecular weight excluding hydrogens is 366 g/mol. The molecule has 0 atom stereocenters. The molecule has 0 saturated carbocycles. The van der Waals surface area contributed by atoms with E-state index in [4.69, 9.17) is 0 Å². The predicted molar refractivity (Wildman–Crippen MR) is 102 cm³/mol. The molecule has 8 nitrogen and oxygen atoms in total. The first kappa shape index (κ1) is 18.6. The number of carbonyl (C=O) groups excluding carboxylic acids is 1. The third kappa shape index (κ3) is 5.38. The standard InChI is InChI=1S/C18H17N5O3S/c24-16(19-10-9-13-5-2-1-3-6-13)12-27-18-20-17(21-22-18)14-7-4-8-15(11-14)23(25)26/h1-8,11H,9-10,12H2,(H,19,24)(H,20,21,22). The van der Waals surface area contributed by atoms with Crippen LogP contribution < -0.4 is 5.32 Å². The molecule has 27 heavy (non-hydrogen) atoms. The first-order valence-electron chi connectivity index (χ1n) is 8.22. The van der Waals surface area contributed by atoms with Crippen LogP contribution in [0, 0.1) is 10.1 Å². The molecule has 3 aromatic rings. The highest BCUT2D eigenvalue weighted by Gasteiger charge is 2.12. The number of aromatic nitrogens is 3. The highest BCUT2D eigenvalue weighted by Crippen LogP contribution is 2.22. The first-order chi connectivity index (χ1) is 13.1. The average Bonchev–Trinajstić information content (AvgIpc) is 3.16. The van der Waals surface area contributed by atoms with Crippen molar-refractivity contribution in [3.05, 3.63) is 70.3 Å². The van der Waals surface area contributed by atoms with Gasteiger partial charge in [-0.3, -0.25) is 20.0 Å². The van der Waals surface area contributed by atoms with Crippen LogP contribution in [0.5, 0.6) is 0 Å². The number of carbonyl (C=O) groups is 1. The molecule has 3 rings (SSSR count). The molecule has 0 bridgehead atoms. The fraction of sp³-hybridized carbons (Fsp3) is 0.167. The zero-order chi connectivity index (χ0) is 19.1. The number of hydrogen-bond donors (Lipinski definition) is 2. The van der Waals surface area contributed by atoms with Crippen molar-refractivity contribution in [2.24, 2.45) is 0 Å². The van der Waals surface area contributed by atoms with Crippen molar-refractivity contribution in [1.82, 2.24) is 20.5 Å². The molecule has 1 aromatic heterocycles. The Morgan fingerprint density at radius 1 is 1.19 bits per heavy atom. The maximum atomic E-state index is 11.9. The summed E-state index contributed by atoms with van der Waals surface area (Å²) in [4.78, 5) is 26.6. The summed E-state index contributed by atoms with van der Waals surface area (Å²) in [7, 11) is 0. The van der Waals surface area contributed by atoms with Gasteiger partial charge in [0.1, 0.15) is 0 Å². The van der Waals surface area contributed by atoms with Gasteiger partial charge in [-0.2, -0.15) is 0 Å². The van der Waals surface area contributed by atoms with E-state index in [9.17, 15) is 14.9 Å². The SMILES string of the molecule is O=C(CSc1n[nH]c(-c2cccc([N+](=O)[O-])c2)n1)NCCc1ccccc1. The second kappa shape index (κ2) is 8.95. The second-order valence-corrected chi connectivity index (χ2v) is 6.59. The maximum Gasteiger partial charge on any atom is 0.270 e. The van der Waals surface area contributed by atoms with Crippen molar-refractivity contribution in [3.8, 4) is 11.4 Å². The summed E-state index contributed by atoms with van der Waals surface area (Å²) in [5.74, 6) is 0.518. The number of benzene rings is 2. The van der Waals surface area contributed by atoms with E-state index in [2.05, 4.69) is 20.5 Å². The molecule has 0 aliphatic carbocycles. The van der Waals surface area contributed by atoms with Crippen LogP contribution in [0.4, 0.5) is 5.69 Å². The Bertz CT molecular complexity index is 930. The normalized spacial score (nSPS) is 10.5. The summed E-state index contributed by atoms with van der Waals surface area (Å²) in [5.41, 5.74) is 1.72. The van der Waals surface area contributed by atoms with Crippen molar-refractivity contribution in [3.63, 3.8) is 0 Å². The van der Waals surface area contributed by atoms with Gasteiger partial charge >= 0.3 is 0 Å². The number of non-ortho nitro benzene ring substituents is 1. The van der Waals surface area contributed by atoms with Crippen LogP contribution in [0.25, 0.3) is 11.4 Å². The molecule has 0 spiro atoms. The van der Waals surface area contributed by atoms with E-state index in [1.165, 1.54) is 29.5 Å². The van der Waals surface area contributed by atoms with Gasteiger partial charge in [0.15, 0.2) is 5.82 Å². The molecule has 2 N–H and O–H groups in total. The zero-order valence-corrected chi connectivity index (χ0v) is 15.1. The highest BCUT2D eigenvalue weighted by molar-refractivity contribution is 7.99. The fourth-order valence-corrected chi connectivity index (χ4v) is 3.01. The minimum absolute atomic E-state index is 0.0177. The number of nitro groups is 1. The molecule has 2 aromatic carbocycles. The van der Waals surface area contributed by atoms with Gasteiger partial charge in [0.05, 0.1) is 10.7 Å². The predicted octanol–water partition coefficient (Wildman–Crippen LogP) is 2.83. The van der Waals surface area contributed by atoms with Gasteiger partial charge in [-0.1, -0.05) is 54.2 Å². The first-order valence-corrected chi connectivity index (χ1v) is 9.21. The Labute approximate surface area is 159 Å². The number of hydrogen-bond acceptors (Lipinski definition) is 6. The lowest BCUT2D eigenvalue weighted by Gasteiger charge is -2.04. The van der Waals surface area contributed by atoms with E-state index in [1.807, 2.05) is 30.3 Å². The minimum atomic E-state index is -0.463. The average molecular weight is 383 g/mol. The number of nitrogens with one attached hydrogen (secondary N) is 2. The van der Waals surface area contributed by atoms with Crippen LogP contribution in [0.3, 0.4) is 0 Å². The summed E-state index contributed by atoms with van der Waals surface area (Å²) >= 11 is 1.20. The summed E-state index contributed by atoms with van der Waals surface area (Å²) in [6.45, 7) is 0.566. The summed E-state index contributed by atoms with van der Waals surface area (Å²) in [5, 5.41) is 20.9. The zero-order valence-electron chi connectivity index (χ0n) is 14.3. The lowest BCUT2D eigenvalue weighted by atomic mass is 10.1. The number of H-pyrrole nitrogens is 1. The third-order valence-electron chi connectivity index (χ3n) is 3.71. The number of nitrogens with zero attached hydrogens (tertiary/aromatic N) is 3. The quantitative estimate of drug-likeness (QED) is 0.351. The highest BCUT2D eigenvalue weighted by atomic mass is 32.2. The smallest absolute Gasteiger partial charge is 0.270 e. The van der Waals surface area contributed by atoms with Crippen LogP contribution in [0.2, 0.25) is 0 Å². The number of rotatable bonds is 8. The summed E-state index contributed by atoms with van der Waals surface area (Å²) in [6.07, 6.45) is 0.773. The van der Waals surface area contributed by atoms with E-state index in [1.54, 1.807) is 12.1 Å². The van der Waals surface area contributed by atoms with E-state index < -0.39 is 4.92 Å². The Kier molecular flexibility index (Phi) is 6.16. The largest absolute Gasteiger partial charge is 0.355 e. The molecule has 0 saturated heterocycles. The minimum Gasteiger partial charge on any atom is -0.355 e. The van der Waals surface area contributed by atoms with Gasteiger partial charge in [0.2, 0.25) is 11.1 Å². The molecule has 1 amide bonds. The van der Waals surface area contributed by atoms with Crippen molar-refractivity contribution in [2.45, 2.75) is 11.6 Å². The molecule has 0 fully saturated rings. The third-order valence-corrected chi connectivity index (χ3v) is 4.55. The van der Waals surface area contributed by atoms with Crippen LogP contribution >= 0.6 is 11.8 Å². The van der Waals surface area contributed by atoms with E-state index >= 15 is 0 Å². The van der Waals surface area contributed by atoms with Crippen LogP contribution in [0.15, 0.2) is 59.8 Å². The van der Waals surface area contributed by atoms with Gasteiger partial charge in [0, 0.05) is 24.2 Å². The van der Waals surface area contributed by atoms with Gasteiger partial charge in [-0.15, -0.1) is 5.10 Å². The van der Waals surface area contributed by atoms with E-state index in [-0.39, 0.29) is 17.3 Å². The molecule has 1 heterocycles. The topological polar surface area (TPSA) is 114 Å². The second-order valence-electron chi connectivity index (χ2n) is 5.65. The monoisotopic (exact) mass is 383 g/mol. The Hall–Kier alpha value is -3.20. The number of nitro benzene ring substituents is 1. The van der Waals surface area contributed by atoms with E-state index in [0.717, 1.165) is 6.42 Å². The van der Waals surface area contributed by atoms with Gasteiger partial charge < -0.3 is 5.32 Å². The lowest BCUT2D eigenvalue weighted by molar-refractivity contribution is -0.384. The van der Waals surface area contributed by atoms with Crippen LogP contribution in [0.1, 0.15) is 5.56 Å². The Morgan fingerprint density at radius 3 is 2.78 bits per heavy atom. The number of thioether (sulfide) groups is 1. The molecule has 138 valence electrons. The van der Waals surface area contributed by atoms with Crippen molar-refractivity contribution >= 4 is 23.4 Å². The molecule has 0 aliphatic heterocycles. The fourth-order valence-electron chi connectivity index (χ4n) is 2.38. The van der Waals surface area contributed by atoms with Gasteiger partial charge in [-0.25, -0.2) is 4.98 Å².